The van der Waals surface area contributed by atoms with Crippen LogP contribution >= 0.6 is 34.3 Å². The molecule has 0 aliphatic carbocycles. The molecule has 1 aromatic carbocycles. The molecule has 1 amide bonds. The second-order valence-electron chi connectivity index (χ2n) is 6.27. The number of rotatable bonds is 4. The number of amides is 1. The second-order valence-corrected chi connectivity index (χ2v) is 8.66. The number of hydrogen-bond donors (Lipinski definition) is 1. The lowest BCUT2D eigenvalue weighted by molar-refractivity contribution is -0.117. The van der Waals surface area contributed by atoms with Gasteiger partial charge in [-0.2, -0.15) is 0 Å². The zero-order chi connectivity index (χ0) is 20.1. The Labute approximate surface area is 177 Å². The predicted octanol–water partition coefficient (Wildman–Crippen LogP) is 5.39. The summed E-state index contributed by atoms with van der Waals surface area (Å²) >= 11 is 8.55. The normalized spacial score (nSPS) is 16.9. The highest BCUT2D eigenvalue weighted by molar-refractivity contribution is 7.22. The van der Waals surface area contributed by atoms with Gasteiger partial charge in [0.25, 0.3) is 5.91 Å². The molecule has 1 atom stereocenters. The van der Waals surface area contributed by atoms with E-state index in [9.17, 15) is 14.7 Å². The molecule has 0 spiro atoms. The van der Waals surface area contributed by atoms with E-state index >= 15 is 0 Å². The molecule has 144 valence electrons. The standard InChI is InChI=1S/C20H11ClN2O4S2/c21-10-5-6-11-14(9-10)29-20(22-11)23-16(12-3-1-7-27-12)15(18(25)19(23)26)17(24)13-4-2-8-28-13/h1-9,16,25H. The molecule has 6 nitrogen and oxygen atoms in total. The molecular formula is C20H11ClN2O4S2. The van der Waals surface area contributed by atoms with Gasteiger partial charge in [0.15, 0.2) is 10.9 Å². The van der Waals surface area contributed by atoms with Gasteiger partial charge in [-0.1, -0.05) is 29.0 Å². The third-order valence-corrected chi connectivity index (χ3v) is 6.68. The van der Waals surface area contributed by atoms with Gasteiger partial charge in [0.1, 0.15) is 11.8 Å². The van der Waals surface area contributed by atoms with Crippen molar-refractivity contribution in [2.75, 3.05) is 4.90 Å². The smallest absolute Gasteiger partial charge is 0.296 e. The molecule has 9 heteroatoms. The van der Waals surface area contributed by atoms with Gasteiger partial charge in [-0.25, -0.2) is 4.98 Å². The summed E-state index contributed by atoms with van der Waals surface area (Å²) in [7, 11) is 0. The molecular weight excluding hydrogens is 432 g/mol. The van der Waals surface area contributed by atoms with Crippen molar-refractivity contribution in [1.82, 2.24) is 4.98 Å². The van der Waals surface area contributed by atoms with Crippen LogP contribution in [0.4, 0.5) is 5.13 Å². The molecule has 0 radical (unpaired) electrons. The minimum absolute atomic E-state index is 0.0234. The largest absolute Gasteiger partial charge is 0.503 e. The summed E-state index contributed by atoms with van der Waals surface area (Å²) in [5.74, 6) is -1.35. The average molecular weight is 443 g/mol. The highest BCUT2D eigenvalue weighted by Crippen LogP contribution is 2.44. The molecule has 0 saturated carbocycles. The van der Waals surface area contributed by atoms with Crippen LogP contribution in [0.3, 0.4) is 0 Å². The van der Waals surface area contributed by atoms with Crippen molar-refractivity contribution in [2.24, 2.45) is 0 Å². The minimum atomic E-state index is -0.914. The number of nitrogens with zero attached hydrogens (tertiary/aromatic N) is 2. The van der Waals surface area contributed by atoms with Crippen molar-refractivity contribution < 1.29 is 19.1 Å². The van der Waals surface area contributed by atoms with Crippen molar-refractivity contribution in [2.45, 2.75) is 6.04 Å². The minimum Gasteiger partial charge on any atom is -0.503 e. The maximum Gasteiger partial charge on any atom is 0.296 e. The summed E-state index contributed by atoms with van der Waals surface area (Å²) in [6, 6.07) is 11.0. The predicted molar refractivity (Wildman–Crippen MR) is 112 cm³/mol. The van der Waals surface area contributed by atoms with Crippen LogP contribution in [0.15, 0.2) is 69.9 Å². The summed E-state index contributed by atoms with van der Waals surface area (Å²) < 4.78 is 6.31. The molecule has 1 aliphatic heterocycles. The number of carbonyl (C=O) groups excluding carboxylic acids is 2. The molecule has 1 unspecified atom stereocenters. The molecule has 0 saturated heterocycles. The van der Waals surface area contributed by atoms with E-state index in [2.05, 4.69) is 4.98 Å². The van der Waals surface area contributed by atoms with E-state index in [0.29, 0.717) is 26.3 Å². The number of ketones is 1. The summed E-state index contributed by atoms with van der Waals surface area (Å²) in [5, 5.41) is 13.3. The maximum atomic E-state index is 13.1. The fourth-order valence-electron chi connectivity index (χ4n) is 3.28. The van der Waals surface area contributed by atoms with E-state index < -0.39 is 23.5 Å². The van der Waals surface area contributed by atoms with Gasteiger partial charge in [-0.05, 0) is 41.8 Å². The molecule has 4 aromatic rings. The third-order valence-electron chi connectivity index (χ3n) is 4.56. The van der Waals surface area contributed by atoms with Gasteiger partial charge in [0, 0.05) is 5.02 Å². The summed E-state index contributed by atoms with van der Waals surface area (Å²) in [6.45, 7) is 0. The number of carbonyl (C=O) groups is 2. The van der Waals surface area contributed by atoms with E-state index in [1.807, 2.05) is 0 Å². The Morgan fingerprint density at radius 1 is 1.24 bits per heavy atom. The van der Waals surface area contributed by atoms with Crippen LogP contribution in [0.5, 0.6) is 0 Å². The number of anilines is 1. The Balaban J connectivity index is 1.67. The van der Waals surface area contributed by atoms with Crippen LogP contribution in [0.2, 0.25) is 5.02 Å². The first-order valence-corrected chi connectivity index (χ1v) is 10.6. The molecule has 29 heavy (non-hydrogen) atoms. The summed E-state index contributed by atoms with van der Waals surface area (Å²) in [5.41, 5.74) is 0.641. The van der Waals surface area contributed by atoms with Crippen molar-refractivity contribution in [1.29, 1.82) is 0 Å². The molecule has 5 rings (SSSR count). The number of thiazole rings is 1. The van der Waals surface area contributed by atoms with Crippen LogP contribution in [-0.2, 0) is 4.79 Å². The van der Waals surface area contributed by atoms with Gasteiger partial charge in [-0.3, -0.25) is 14.5 Å². The van der Waals surface area contributed by atoms with Crippen molar-refractivity contribution >= 4 is 61.3 Å². The van der Waals surface area contributed by atoms with Gasteiger partial charge in [-0.15, -0.1) is 11.3 Å². The number of aliphatic hydroxyl groups is 1. The SMILES string of the molecule is O=C(C1=C(O)C(=O)N(c2nc3ccc(Cl)cc3s2)C1c1ccco1)c1cccs1. The van der Waals surface area contributed by atoms with E-state index in [-0.39, 0.29) is 5.57 Å². The zero-order valence-electron chi connectivity index (χ0n) is 14.5. The molecule has 4 heterocycles. The Bertz CT molecular complexity index is 1280. The molecule has 1 N–H and O–H groups in total. The van der Waals surface area contributed by atoms with Crippen LogP contribution in [-0.4, -0.2) is 21.8 Å². The van der Waals surface area contributed by atoms with Crippen LogP contribution in [0.1, 0.15) is 21.5 Å². The van der Waals surface area contributed by atoms with Gasteiger partial charge >= 0.3 is 0 Å². The third kappa shape index (κ3) is 2.88. The Morgan fingerprint density at radius 2 is 2.10 bits per heavy atom. The number of furan rings is 1. The fraction of sp³-hybridized carbons (Fsp3) is 0.0500. The zero-order valence-corrected chi connectivity index (χ0v) is 16.9. The monoisotopic (exact) mass is 442 g/mol. The van der Waals surface area contributed by atoms with Gasteiger partial charge < -0.3 is 9.52 Å². The summed E-state index contributed by atoms with van der Waals surface area (Å²) in [4.78, 5) is 32.3. The van der Waals surface area contributed by atoms with Crippen molar-refractivity contribution in [3.63, 3.8) is 0 Å². The van der Waals surface area contributed by atoms with E-state index in [4.69, 9.17) is 16.0 Å². The Morgan fingerprint density at radius 3 is 2.83 bits per heavy atom. The molecule has 3 aromatic heterocycles. The van der Waals surface area contributed by atoms with Gasteiger partial charge in [0.05, 0.1) is 26.9 Å². The van der Waals surface area contributed by atoms with E-state index in [0.717, 1.165) is 4.70 Å². The lowest BCUT2D eigenvalue weighted by atomic mass is 10.0. The average Bonchev–Trinajstić information content (AvgIpc) is 3.49. The topological polar surface area (TPSA) is 83.6 Å². The van der Waals surface area contributed by atoms with E-state index in [1.54, 1.807) is 47.8 Å². The number of aromatic nitrogens is 1. The Hall–Kier alpha value is -2.94. The first kappa shape index (κ1) is 18.1. The number of hydrogen-bond acceptors (Lipinski definition) is 7. The number of fused-ring (bicyclic) bond motifs is 1. The van der Waals surface area contributed by atoms with E-state index in [1.165, 1.54) is 33.8 Å². The number of aliphatic hydroxyl groups excluding tert-OH is 1. The lowest BCUT2D eigenvalue weighted by Gasteiger charge is -2.21. The highest BCUT2D eigenvalue weighted by atomic mass is 35.5. The number of halogens is 1. The maximum absolute atomic E-state index is 13.1. The van der Waals surface area contributed by atoms with Crippen LogP contribution in [0.25, 0.3) is 10.2 Å². The van der Waals surface area contributed by atoms with Crippen molar-refractivity contribution in [3.8, 4) is 0 Å². The Kier molecular flexibility index (Phi) is 4.27. The molecule has 1 aliphatic rings. The number of benzene rings is 1. The number of Topliss-reactive ketones (excluding diaryl/α,β-unsaturated/α-hetero) is 1. The highest BCUT2D eigenvalue weighted by Gasteiger charge is 2.47. The summed E-state index contributed by atoms with van der Waals surface area (Å²) in [6.07, 6.45) is 1.46. The van der Waals surface area contributed by atoms with Crippen LogP contribution < -0.4 is 4.90 Å². The lowest BCUT2D eigenvalue weighted by Crippen LogP contribution is -2.30. The fourth-order valence-corrected chi connectivity index (χ4v) is 5.23. The quantitative estimate of drug-likeness (QED) is 0.428. The van der Waals surface area contributed by atoms with Crippen LogP contribution in [0, 0.1) is 0 Å². The molecule has 0 fully saturated rings. The van der Waals surface area contributed by atoms with Gasteiger partial charge in [0.2, 0.25) is 5.78 Å². The first-order valence-electron chi connectivity index (χ1n) is 8.49. The first-order chi connectivity index (χ1) is 14.0. The number of thiophene rings is 1. The second kappa shape index (κ2) is 6.84. The molecule has 0 bridgehead atoms. The van der Waals surface area contributed by atoms with Crippen molar-refractivity contribution in [3.05, 3.63) is 81.1 Å².